The molecular weight excluding hydrogens is 252 g/mol. The van der Waals surface area contributed by atoms with E-state index in [9.17, 15) is 9.90 Å². The first-order valence-electron chi connectivity index (χ1n) is 7.13. The molecule has 1 aliphatic rings. The van der Waals surface area contributed by atoms with Gasteiger partial charge in [-0.15, -0.1) is 0 Å². The number of aromatic nitrogens is 2. The molecule has 1 fully saturated rings. The highest BCUT2D eigenvalue weighted by Crippen LogP contribution is 2.33. The van der Waals surface area contributed by atoms with Crippen LogP contribution in [-0.4, -0.2) is 15.1 Å². The summed E-state index contributed by atoms with van der Waals surface area (Å²) in [6.07, 6.45) is 6.51. The molecule has 4 nitrogen and oxygen atoms in total. The second kappa shape index (κ2) is 5.49. The molecule has 2 aromatic rings. The molecule has 3 rings (SSSR count). The van der Waals surface area contributed by atoms with Gasteiger partial charge in [0.05, 0.1) is 6.07 Å². The molecule has 0 amide bonds. The number of nitrogens with one attached hydrogen (secondary N) is 1. The predicted molar refractivity (Wildman–Crippen MR) is 77.8 cm³/mol. The Labute approximate surface area is 117 Å². The molecule has 0 bridgehead atoms. The molecule has 1 aromatic heterocycles. The number of benzene rings is 1. The minimum Gasteiger partial charge on any atom is -0.493 e. The first-order valence-corrected chi connectivity index (χ1v) is 7.13. The van der Waals surface area contributed by atoms with Gasteiger partial charge in [0, 0.05) is 5.56 Å². The van der Waals surface area contributed by atoms with E-state index in [4.69, 9.17) is 0 Å². The molecule has 0 unspecified atom stereocenters. The number of hydrogen-bond acceptors (Lipinski definition) is 3. The molecule has 0 saturated heterocycles. The molecule has 20 heavy (non-hydrogen) atoms. The number of aromatic amines is 1. The monoisotopic (exact) mass is 270 g/mol. The number of hydrogen-bond donors (Lipinski definition) is 2. The van der Waals surface area contributed by atoms with Crippen molar-refractivity contribution in [2.24, 2.45) is 0 Å². The lowest BCUT2D eigenvalue weighted by Crippen LogP contribution is -2.07. The highest BCUT2D eigenvalue weighted by molar-refractivity contribution is 5.55. The maximum Gasteiger partial charge on any atom is 0.254 e. The zero-order valence-electron chi connectivity index (χ0n) is 11.3. The van der Waals surface area contributed by atoms with Crippen molar-refractivity contribution >= 4 is 0 Å². The van der Waals surface area contributed by atoms with Gasteiger partial charge in [-0.1, -0.05) is 43.5 Å². The molecule has 1 aromatic carbocycles. The van der Waals surface area contributed by atoms with E-state index in [0.29, 0.717) is 11.7 Å². The Morgan fingerprint density at radius 1 is 1.10 bits per heavy atom. The van der Waals surface area contributed by atoms with Gasteiger partial charge in [-0.2, -0.15) is 4.98 Å². The normalized spacial score (nSPS) is 16.2. The van der Waals surface area contributed by atoms with Crippen molar-refractivity contribution in [1.82, 2.24) is 9.97 Å². The van der Waals surface area contributed by atoms with Gasteiger partial charge in [0.1, 0.15) is 5.82 Å². The number of H-pyrrole nitrogens is 1. The smallest absolute Gasteiger partial charge is 0.254 e. The van der Waals surface area contributed by atoms with Crippen LogP contribution in [0.4, 0.5) is 0 Å². The van der Waals surface area contributed by atoms with Gasteiger partial charge in [0.15, 0.2) is 0 Å². The van der Waals surface area contributed by atoms with Crippen LogP contribution in [0.25, 0.3) is 11.4 Å². The Bertz CT molecular complexity index is 640. The van der Waals surface area contributed by atoms with Crippen LogP contribution in [0.5, 0.6) is 5.88 Å². The van der Waals surface area contributed by atoms with Crippen LogP contribution >= 0.6 is 0 Å². The minimum atomic E-state index is -0.344. The zero-order chi connectivity index (χ0) is 13.9. The SMILES string of the molecule is O=c1cc(O)nc(-c2ccc(C3CCCCC3)cc2)[nH]1. The van der Waals surface area contributed by atoms with Crippen LogP contribution in [0.2, 0.25) is 0 Å². The fraction of sp³-hybridized carbons (Fsp3) is 0.375. The average molecular weight is 270 g/mol. The van der Waals surface area contributed by atoms with E-state index < -0.39 is 0 Å². The van der Waals surface area contributed by atoms with Gasteiger partial charge in [0.2, 0.25) is 5.88 Å². The topological polar surface area (TPSA) is 66.0 Å². The van der Waals surface area contributed by atoms with Crippen LogP contribution < -0.4 is 5.56 Å². The largest absolute Gasteiger partial charge is 0.493 e. The third-order valence-electron chi connectivity index (χ3n) is 3.99. The van der Waals surface area contributed by atoms with Gasteiger partial charge < -0.3 is 10.1 Å². The molecule has 104 valence electrons. The van der Waals surface area contributed by atoms with E-state index in [1.165, 1.54) is 37.7 Å². The molecule has 0 radical (unpaired) electrons. The number of aromatic hydroxyl groups is 1. The Balaban J connectivity index is 1.86. The van der Waals surface area contributed by atoms with Gasteiger partial charge in [-0.25, -0.2) is 0 Å². The lowest BCUT2D eigenvalue weighted by molar-refractivity contribution is 0.443. The van der Waals surface area contributed by atoms with Crippen molar-refractivity contribution in [3.8, 4) is 17.3 Å². The molecular formula is C16H18N2O2. The summed E-state index contributed by atoms with van der Waals surface area (Å²) in [5, 5.41) is 9.38. The molecule has 1 aliphatic carbocycles. The first kappa shape index (κ1) is 12.9. The van der Waals surface area contributed by atoms with Crippen LogP contribution in [0, 0.1) is 0 Å². The van der Waals surface area contributed by atoms with E-state index in [0.717, 1.165) is 11.6 Å². The highest BCUT2D eigenvalue weighted by Gasteiger charge is 2.15. The summed E-state index contributed by atoms with van der Waals surface area (Å²) in [6, 6.07) is 9.20. The zero-order valence-corrected chi connectivity index (χ0v) is 11.3. The molecule has 0 spiro atoms. The molecule has 4 heteroatoms. The van der Waals surface area contributed by atoms with E-state index in [-0.39, 0.29) is 11.4 Å². The maximum atomic E-state index is 11.3. The van der Waals surface area contributed by atoms with Crippen molar-refractivity contribution < 1.29 is 5.11 Å². The summed E-state index contributed by atoms with van der Waals surface area (Å²) in [5.74, 6) is 0.819. The minimum absolute atomic E-state index is 0.250. The standard InChI is InChI=1S/C16H18N2O2/c19-14-10-15(20)18-16(17-14)13-8-6-12(7-9-13)11-4-2-1-3-5-11/h6-11H,1-5H2,(H2,17,18,19,20). The third kappa shape index (κ3) is 2.74. The van der Waals surface area contributed by atoms with Crippen LogP contribution in [0.15, 0.2) is 35.1 Å². The third-order valence-corrected chi connectivity index (χ3v) is 3.99. The molecule has 0 atom stereocenters. The fourth-order valence-electron chi connectivity index (χ4n) is 2.93. The van der Waals surface area contributed by atoms with Crippen molar-refractivity contribution in [2.75, 3.05) is 0 Å². The van der Waals surface area contributed by atoms with Crippen molar-refractivity contribution in [1.29, 1.82) is 0 Å². The van der Waals surface area contributed by atoms with E-state index in [1.807, 2.05) is 12.1 Å². The quantitative estimate of drug-likeness (QED) is 0.880. The molecule has 0 aliphatic heterocycles. The molecule has 1 heterocycles. The molecule has 1 saturated carbocycles. The second-order valence-electron chi connectivity index (χ2n) is 5.41. The van der Waals surface area contributed by atoms with Gasteiger partial charge in [-0.3, -0.25) is 4.79 Å². The summed E-state index contributed by atoms with van der Waals surface area (Å²) in [7, 11) is 0. The summed E-state index contributed by atoms with van der Waals surface area (Å²) < 4.78 is 0. The van der Waals surface area contributed by atoms with Crippen LogP contribution in [0.3, 0.4) is 0 Å². The Morgan fingerprint density at radius 2 is 1.80 bits per heavy atom. The Kier molecular flexibility index (Phi) is 3.54. The maximum absolute atomic E-state index is 11.3. The van der Waals surface area contributed by atoms with E-state index in [1.54, 1.807) is 0 Å². The van der Waals surface area contributed by atoms with Gasteiger partial charge in [0.25, 0.3) is 5.56 Å². The second-order valence-corrected chi connectivity index (χ2v) is 5.41. The lowest BCUT2D eigenvalue weighted by atomic mass is 9.84. The predicted octanol–water partition coefficient (Wildman–Crippen LogP) is 3.19. The summed E-state index contributed by atoms with van der Waals surface area (Å²) in [4.78, 5) is 17.9. The van der Waals surface area contributed by atoms with E-state index >= 15 is 0 Å². The fourth-order valence-corrected chi connectivity index (χ4v) is 2.93. The Hall–Kier alpha value is -2.10. The first-order chi connectivity index (χ1) is 9.72. The Morgan fingerprint density at radius 3 is 2.45 bits per heavy atom. The number of rotatable bonds is 2. The van der Waals surface area contributed by atoms with Gasteiger partial charge >= 0.3 is 0 Å². The summed E-state index contributed by atoms with van der Waals surface area (Å²) in [6.45, 7) is 0. The van der Waals surface area contributed by atoms with Crippen LogP contribution in [-0.2, 0) is 0 Å². The van der Waals surface area contributed by atoms with Crippen LogP contribution in [0.1, 0.15) is 43.6 Å². The summed E-state index contributed by atoms with van der Waals surface area (Å²) >= 11 is 0. The van der Waals surface area contributed by atoms with E-state index in [2.05, 4.69) is 22.1 Å². The van der Waals surface area contributed by atoms with Crippen molar-refractivity contribution in [2.45, 2.75) is 38.0 Å². The van der Waals surface area contributed by atoms with Gasteiger partial charge in [-0.05, 0) is 24.3 Å². The summed E-state index contributed by atoms with van der Waals surface area (Å²) in [5.41, 5.74) is 1.83. The van der Waals surface area contributed by atoms with Crippen molar-refractivity contribution in [3.05, 3.63) is 46.2 Å². The average Bonchev–Trinajstić information content (AvgIpc) is 2.47. The van der Waals surface area contributed by atoms with Crippen molar-refractivity contribution in [3.63, 3.8) is 0 Å². The highest BCUT2D eigenvalue weighted by atomic mass is 16.3. The molecule has 2 N–H and O–H groups in total. The lowest BCUT2D eigenvalue weighted by Gasteiger charge is -2.22. The number of nitrogens with zero attached hydrogens (tertiary/aromatic N) is 1.